The van der Waals surface area contributed by atoms with Gasteiger partial charge in [0.25, 0.3) is 5.91 Å². The Hall–Kier alpha value is -1.11. The van der Waals surface area contributed by atoms with Gasteiger partial charge in [-0.3, -0.25) is 4.79 Å². The van der Waals surface area contributed by atoms with E-state index in [4.69, 9.17) is 0 Å². The molecule has 0 spiro atoms. The predicted octanol–water partition coefficient (Wildman–Crippen LogP) is 2.88. The van der Waals surface area contributed by atoms with E-state index in [0.717, 1.165) is 0 Å². The van der Waals surface area contributed by atoms with E-state index >= 15 is 0 Å². The second-order valence-electron chi connectivity index (χ2n) is 4.79. The zero-order valence-corrected chi connectivity index (χ0v) is 11.3. The molecule has 0 saturated heterocycles. The highest BCUT2D eigenvalue weighted by Crippen LogP contribution is 2.41. The number of amides is 1. The van der Waals surface area contributed by atoms with E-state index in [0.29, 0.717) is 17.6 Å². The van der Waals surface area contributed by atoms with E-state index in [1.54, 1.807) is 23.2 Å². The van der Waals surface area contributed by atoms with Gasteiger partial charge in [0.15, 0.2) is 4.80 Å². The molecule has 2 rings (SSSR count). The summed E-state index contributed by atoms with van der Waals surface area (Å²) in [7, 11) is 1.71. The molecule has 1 aliphatic carbocycles. The maximum Gasteiger partial charge on any atom is 0.392 e. The van der Waals surface area contributed by atoms with Crippen LogP contribution in [-0.4, -0.2) is 16.7 Å². The molecule has 1 amide bonds. The fourth-order valence-electron chi connectivity index (χ4n) is 2.43. The van der Waals surface area contributed by atoms with Crippen molar-refractivity contribution in [1.82, 2.24) is 4.57 Å². The first-order valence-electron chi connectivity index (χ1n) is 6.15. The van der Waals surface area contributed by atoms with Crippen LogP contribution in [0.25, 0.3) is 0 Å². The van der Waals surface area contributed by atoms with Gasteiger partial charge < -0.3 is 4.57 Å². The second-order valence-corrected chi connectivity index (χ2v) is 5.66. The van der Waals surface area contributed by atoms with E-state index in [-0.39, 0.29) is 12.8 Å². The van der Waals surface area contributed by atoms with Crippen LogP contribution in [0.2, 0.25) is 0 Å². The van der Waals surface area contributed by atoms with Crippen molar-refractivity contribution in [1.29, 1.82) is 0 Å². The highest BCUT2D eigenvalue weighted by Gasteiger charge is 2.48. The van der Waals surface area contributed by atoms with Crippen LogP contribution in [0.1, 0.15) is 25.7 Å². The van der Waals surface area contributed by atoms with Crippen molar-refractivity contribution in [2.24, 2.45) is 23.9 Å². The largest absolute Gasteiger partial charge is 0.392 e. The Morgan fingerprint density at radius 3 is 2.68 bits per heavy atom. The molecule has 7 heteroatoms. The van der Waals surface area contributed by atoms with Crippen molar-refractivity contribution in [3.05, 3.63) is 16.4 Å². The standard InChI is InChI=1S/C12H15F3N2OS/c1-17-6-7-19-11(17)16-10(18)8-4-2-3-5-9(8)12(13,14)15/h6-9H,2-5H2,1H3. The molecule has 19 heavy (non-hydrogen) atoms. The number of hydrogen-bond acceptors (Lipinski definition) is 2. The quantitative estimate of drug-likeness (QED) is 0.783. The fourth-order valence-corrected chi connectivity index (χ4v) is 3.17. The Labute approximate surface area is 112 Å². The Morgan fingerprint density at radius 1 is 1.42 bits per heavy atom. The third-order valence-corrected chi connectivity index (χ3v) is 4.32. The Morgan fingerprint density at radius 2 is 2.11 bits per heavy atom. The van der Waals surface area contributed by atoms with E-state index in [9.17, 15) is 18.0 Å². The van der Waals surface area contributed by atoms with Crippen molar-refractivity contribution in [2.75, 3.05) is 0 Å². The first-order chi connectivity index (χ1) is 8.89. The summed E-state index contributed by atoms with van der Waals surface area (Å²) in [6.45, 7) is 0. The van der Waals surface area contributed by atoms with E-state index < -0.39 is 23.9 Å². The van der Waals surface area contributed by atoms with Crippen molar-refractivity contribution in [3.63, 3.8) is 0 Å². The molecule has 106 valence electrons. The maximum atomic E-state index is 12.9. The summed E-state index contributed by atoms with van der Waals surface area (Å²) in [6, 6.07) is 0. The van der Waals surface area contributed by atoms with Crippen LogP contribution in [-0.2, 0) is 11.8 Å². The topological polar surface area (TPSA) is 34.4 Å². The van der Waals surface area contributed by atoms with E-state index in [1.165, 1.54) is 11.3 Å². The minimum absolute atomic E-state index is 0.0337. The minimum Gasteiger partial charge on any atom is -0.327 e. The van der Waals surface area contributed by atoms with Gasteiger partial charge in [0, 0.05) is 18.6 Å². The van der Waals surface area contributed by atoms with Gasteiger partial charge in [-0.1, -0.05) is 12.8 Å². The van der Waals surface area contributed by atoms with Gasteiger partial charge in [0.2, 0.25) is 0 Å². The number of rotatable bonds is 1. The zero-order chi connectivity index (χ0) is 14.0. The number of alkyl halides is 3. The lowest BCUT2D eigenvalue weighted by Crippen LogP contribution is -2.37. The van der Waals surface area contributed by atoms with Crippen LogP contribution in [0.5, 0.6) is 0 Å². The summed E-state index contributed by atoms with van der Waals surface area (Å²) in [5.74, 6) is -3.20. The van der Waals surface area contributed by atoms with Gasteiger partial charge >= 0.3 is 6.18 Å². The molecule has 1 aromatic heterocycles. The Kier molecular flexibility index (Phi) is 4.13. The number of halogens is 3. The molecule has 3 nitrogen and oxygen atoms in total. The number of aryl methyl sites for hydroxylation is 1. The number of carbonyl (C=O) groups is 1. The molecule has 2 atom stereocenters. The SMILES string of the molecule is Cn1ccsc1=NC(=O)C1CCCCC1C(F)(F)F. The minimum atomic E-state index is -4.31. The van der Waals surface area contributed by atoms with Gasteiger partial charge in [-0.2, -0.15) is 18.2 Å². The van der Waals surface area contributed by atoms with Crippen LogP contribution >= 0.6 is 11.3 Å². The van der Waals surface area contributed by atoms with Crippen molar-refractivity contribution in [3.8, 4) is 0 Å². The number of nitrogens with zero attached hydrogens (tertiary/aromatic N) is 2. The highest BCUT2D eigenvalue weighted by molar-refractivity contribution is 7.07. The highest BCUT2D eigenvalue weighted by atomic mass is 32.1. The molecular formula is C12H15F3N2OS. The summed E-state index contributed by atoms with van der Waals surface area (Å²) >= 11 is 1.24. The van der Waals surface area contributed by atoms with Gasteiger partial charge in [-0.25, -0.2) is 0 Å². The maximum absolute atomic E-state index is 12.9. The first kappa shape index (κ1) is 14.3. The Balaban J connectivity index is 2.24. The molecule has 0 radical (unpaired) electrons. The number of carbonyl (C=O) groups excluding carboxylic acids is 1. The lowest BCUT2D eigenvalue weighted by Gasteiger charge is -2.30. The third kappa shape index (κ3) is 3.26. The molecule has 1 fully saturated rings. The lowest BCUT2D eigenvalue weighted by atomic mass is 9.78. The molecular weight excluding hydrogens is 277 g/mol. The van der Waals surface area contributed by atoms with Gasteiger partial charge in [0.05, 0.1) is 11.8 Å². The molecule has 0 bridgehead atoms. The smallest absolute Gasteiger partial charge is 0.327 e. The molecule has 0 N–H and O–H groups in total. The van der Waals surface area contributed by atoms with Gasteiger partial charge in [-0.15, -0.1) is 11.3 Å². The first-order valence-corrected chi connectivity index (χ1v) is 7.03. The summed E-state index contributed by atoms with van der Waals surface area (Å²) in [5, 5.41) is 1.74. The average Bonchev–Trinajstić information content (AvgIpc) is 2.74. The van der Waals surface area contributed by atoms with Crippen molar-refractivity contribution < 1.29 is 18.0 Å². The van der Waals surface area contributed by atoms with Crippen molar-refractivity contribution >= 4 is 17.2 Å². The molecule has 1 heterocycles. The summed E-state index contributed by atoms with van der Waals surface area (Å²) in [5.41, 5.74) is 0. The zero-order valence-electron chi connectivity index (χ0n) is 10.5. The Bertz CT molecular complexity index is 518. The molecule has 1 saturated carbocycles. The van der Waals surface area contributed by atoms with Crippen LogP contribution in [0.15, 0.2) is 16.6 Å². The van der Waals surface area contributed by atoms with Gasteiger partial charge in [0.1, 0.15) is 0 Å². The van der Waals surface area contributed by atoms with Crippen LogP contribution in [0, 0.1) is 11.8 Å². The molecule has 1 aromatic rings. The average molecular weight is 292 g/mol. The number of thiazole rings is 1. The van der Waals surface area contributed by atoms with E-state index in [2.05, 4.69) is 4.99 Å². The molecule has 1 aliphatic rings. The van der Waals surface area contributed by atoms with Crippen molar-refractivity contribution in [2.45, 2.75) is 31.9 Å². The summed E-state index contributed by atoms with van der Waals surface area (Å²) < 4.78 is 40.4. The molecule has 0 aliphatic heterocycles. The third-order valence-electron chi connectivity index (χ3n) is 3.47. The molecule has 0 aromatic carbocycles. The summed E-state index contributed by atoms with van der Waals surface area (Å²) in [4.78, 5) is 16.3. The summed E-state index contributed by atoms with van der Waals surface area (Å²) in [6.07, 6.45) is -1.09. The normalized spacial score (nSPS) is 25.6. The van der Waals surface area contributed by atoms with Crippen LogP contribution in [0.4, 0.5) is 13.2 Å². The monoisotopic (exact) mass is 292 g/mol. The fraction of sp³-hybridized carbons (Fsp3) is 0.667. The lowest BCUT2D eigenvalue weighted by molar-refractivity contribution is -0.197. The van der Waals surface area contributed by atoms with Crippen LogP contribution in [0.3, 0.4) is 0 Å². The van der Waals surface area contributed by atoms with E-state index in [1.807, 2.05) is 0 Å². The second kappa shape index (κ2) is 5.48. The van der Waals surface area contributed by atoms with Gasteiger partial charge in [-0.05, 0) is 12.8 Å². The predicted molar refractivity (Wildman–Crippen MR) is 65.4 cm³/mol. The molecule has 2 unspecified atom stereocenters. The number of hydrogen-bond donors (Lipinski definition) is 0. The van der Waals surface area contributed by atoms with Crippen LogP contribution < -0.4 is 4.80 Å². The number of aromatic nitrogens is 1.